The average Bonchev–Trinajstić information content (AvgIpc) is 2.99. The molecule has 1 saturated heterocycles. The van der Waals surface area contributed by atoms with E-state index in [9.17, 15) is 41.5 Å². The number of fused-ring (bicyclic) bond motifs is 1. The van der Waals surface area contributed by atoms with Gasteiger partial charge in [0.15, 0.2) is 23.2 Å². The zero-order valence-corrected chi connectivity index (χ0v) is 22.4. The molecule has 0 bridgehead atoms. The number of hydrogen-bond donors (Lipinski definition) is 3. The number of hydrogen-bond acceptors (Lipinski definition) is 6. The van der Waals surface area contributed by atoms with E-state index in [0.717, 1.165) is 10.8 Å². The number of nitrogens with zero attached hydrogens (tertiary/aromatic N) is 1. The summed E-state index contributed by atoms with van der Waals surface area (Å²) in [5.74, 6) is -14.6. The SMILES string of the molecule is O=C(O)CC(NC(=O)C1CCN(C(=O)C(=O)Nc2cccc3ccccc23)CC1)C(=O)COc1c(F)c(F)cc(F)c1F. The lowest BCUT2D eigenvalue weighted by molar-refractivity contribution is -0.145. The molecule has 43 heavy (non-hydrogen) atoms. The second-order valence-electron chi connectivity index (χ2n) is 9.76. The number of likely N-dealkylation sites (tertiary alicyclic amines) is 1. The van der Waals surface area contributed by atoms with E-state index < -0.39 is 83.5 Å². The summed E-state index contributed by atoms with van der Waals surface area (Å²) in [5, 5.41) is 15.6. The summed E-state index contributed by atoms with van der Waals surface area (Å²) < 4.78 is 59.1. The van der Waals surface area contributed by atoms with Crippen molar-refractivity contribution in [2.45, 2.75) is 25.3 Å². The standard InChI is InChI=1S/C29H25F4N3O7/c30-18-12-19(31)25(33)26(24(18)32)43-14-22(37)21(13-23(38)39)35-27(40)16-8-10-36(11-9-16)29(42)28(41)34-20-7-3-5-15-4-1-2-6-17(15)20/h1-7,12,16,21H,8-11,13-14H2,(H,34,41)(H,35,40)(H,38,39). The number of piperidine rings is 1. The topological polar surface area (TPSA) is 142 Å². The van der Waals surface area contributed by atoms with E-state index in [1.807, 2.05) is 18.2 Å². The number of amides is 3. The number of anilines is 1. The third-order valence-electron chi connectivity index (χ3n) is 6.90. The van der Waals surface area contributed by atoms with Gasteiger partial charge in [0.1, 0.15) is 12.6 Å². The Morgan fingerprint density at radius 3 is 2.21 bits per heavy atom. The van der Waals surface area contributed by atoms with Crippen molar-refractivity contribution in [3.63, 3.8) is 0 Å². The molecule has 1 aliphatic rings. The van der Waals surface area contributed by atoms with Crippen molar-refractivity contribution in [1.82, 2.24) is 10.2 Å². The van der Waals surface area contributed by atoms with Crippen molar-refractivity contribution >= 4 is 45.9 Å². The van der Waals surface area contributed by atoms with Crippen LogP contribution >= 0.6 is 0 Å². The number of benzene rings is 3. The fraction of sp³-hybridized carbons (Fsp3) is 0.276. The number of rotatable bonds is 9. The molecule has 1 unspecified atom stereocenters. The quantitative estimate of drug-likeness (QED) is 0.194. The zero-order valence-electron chi connectivity index (χ0n) is 22.4. The summed E-state index contributed by atoms with van der Waals surface area (Å²) >= 11 is 0. The van der Waals surface area contributed by atoms with Gasteiger partial charge < -0.3 is 25.4 Å². The average molecular weight is 604 g/mol. The summed E-state index contributed by atoms with van der Waals surface area (Å²) in [5.41, 5.74) is 0.455. The minimum Gasteiger partial charge on any atom is -0.481 e. The first-order chi connectivity index (χ1) is 20.5. The first-order valence-corrected chi connectivity index (χ1v) is 13.0. The Bertz CT molecular complexity index is 1560. The first kappa shape index (κ1) is 30.9. The smallest absolute Gasteiger partial charge is 0.313 e. The van der Waals surface area contributed by atoms with Gasteiger partial charge in [-0.25, -0.2) is 8.78 Å². The molecule has 10 nitrogen and oxygen atoms in total. The van der Waals surface area contributed by atoms with Crippen molar-refractivity contribution in [1.29, 1.82) is 0 Å². The van der Waals surface area contributed by atoms with Gasteiger partial charge in [-0.2, -0.15) is 8.78 Å². The number of aliphatic carboxylic acids is 1. The highest BCUT2D eigenvalue weighted by molar-refractivity contribution is 6.40. The maximum Gasteiger partial charge on any atom is 0.313 e. The number of nitrogens with one attached hydrogen (secondary N) is 2. The van der Waals surface area contributed by atoms with Gasteiger partial charge in [-0.1, -0.05) is 36.4 Å². The van der Waals surface area contributed by atoms with Gasteiger partial charge in [0.05, 0.1) is 6.42 Å². The number of carbonyl (C=O) groups excluding carboxylic acids is 4. The van der Waals surface area contributed by atoms with Crippen LogP contribution in [-0.2, 0) is 24.0 Å². The molecule has 0 aliphatic carbocycles. The van der Waals surface area contributed by atoms with Crippen molar-refractivity contribution in [2.75, 3.05) is 25.0 Å². The van der Waals surface area contributed by atoms with Gasteiger partial charge in [0.2, 0.25) is 17.5 Å². The lowest BCUT2D eigenvalue weighted by atomic mass is 9.95. The largest absolute Gasteiger partial charge is 0.481 e. The zero-order chi connectivity index (χ0) is 31.3. The van der Waals surface area contributed by atoms with Crippen LogP contribution in [0.1, 0.15) is 19.3 Å². The highest BCUT2D eigenvalue weighted by Gasteiger charge is 2.33. The molecular weight excluding hydrogens is 578 g/mol. The predicted octanol–water partition coefficient (Wildman–Crippen LogP) is 3.18. The molecule has 3 aromatic carbocycles. The Morgan fingerprint density at radius 1 is 0.930 bits per heavy atom. The van der Waals surface area contributed by atoms with Gasteiger partial charge >= 0.3 is 17.8 Å². The monoisotopic (exact) mass is 603 g/mol. The van der Waals surface area contributed by atoms with E-state index in [-0.39, 0.29) is 32.0 Å². The van der Waals surface area contributed by atoms with E-state index in [0.29, 0.717) is 5.69 Å². The number of halogens is 4. The Labute approximate surface area is 241 Å². The fourth-order valence-electron chi connectivity index (χ4n) is 4.63. The van der Waals surface area contributed by atoms with E-state index in [1.54, 1.807) is 24.3 Å². The van der Waals surface area contributed by atoms with E-state index in [1.165, 1.54) is 4.90 Å². The Balaban J connectivity index is 1.32. The fourth-order valence-corrected chi connectivity index (χ4v) is 4.63. The minimum atomic E-state index is -1.89. The molecule has 1 heterocycles. The lowest BCUT2D eigenvalue weighted by Crippen LogP contribution is -2.50. The summed E-state index contributed by atoms with van der Waals surface area (Å²) in [6.45, 7) is -1.16. The van der Waals surface area contributed by atoms with Crippen LogP contribution in [0.2, 0.25) is 0 Å². The Kier molecular flexibility index (Phi) is 9.58. The molecule has 3 aromatic rings. The second-order valence-corrected chi connectivity index (χ2v) is 9.76. The molecule has 0 spiro atoms. The van der Waals surface area contributed by atoms with Crippen LogP contribution in [0.4, 0.5) is 23.2 Å². The van der Waals surface area contributed by atoms with Gasteiger partial charge in [0.25, 0.3) is 0 Å². The summed E-state index contributed by atoms with van der Waals surface area (Å²) in [6.07, 6.45) is -0.743. The van der Waals surface area contributed by atoms with Gasteiger partial charge in [-0.3, -0.25) is 24.0 Å². The van der Waals surface area contributed by atoms with Crippen molar-refractivity contribution in [2.24, 2.45) is 5.92 Å². The van der Waals surface area contributed by atoms with Crippen molar-refractivity contribution in [3.05, 3.63) is 71.8 Å². The summed E-state index contributed by atoms with van der Waals surface area (Å²) in [4.78, 5) is 63.4. The second kappa shape index (κ2) is 13.3. The van der Waals surface area contributed by atoms with Crippen molar-refractivity contribution in [3.8, 4) is 5.75 Å². The lowest BCUT2D eigenvalue weighted by Gasteiger charge is -2.31. The van der Waals surface area contributed by atoms with Gasteiger partial charge in [-0.15, -0.1) is 0 Å². The first-order valence-electron chi connectivity index (χ1n) is 13.0. The molecule has 3 N–H and O–H groups in total. The van der Waals surface area contributed by atoms with Crippen LogP contribution in [0.3, 0.4) is 0 Å². The number of carbonyl (C=O) groups is 5. The molecule has 3 amide bonds. The highest BCUT2D eigenvalue weighted by Crippen LogP contribution is 2.27. The molecule has 1 atom stereocenters. The van der Waals surface area contributed by atoms with Crippen LogP contribution in [0.5, 0.6) is 5.75 Å². The maximum atomic E-state index is 13.8. The third-order valence-corrected chi connectivity index (χ3v) is 6.90. The molecule has 226 valence electrons. The molecular formula is C29H25F4N3O7. The maximum absolute atomic E-state index is 13.8. The van der Waals surface area contributed by atoms with Crippen molar-refractivity contribution < 1.29 is 51.4 Å². The molecule has 14 heteroatoms. The van der Waals surface area contributed by atoms with Crippen LogP contribution < -0.4 is 15.4 Å². The molecule has 0 aromatic heterocycles. The molecule has 1 aliphatic heterocycles. The van der Waals surface area contributed by atoms with Crippen LogP contribution in [-0.4, -0.2) is 65.2 Å². The predicted molar refractivity (Wildman–Crippen MR) is 143 cm³/mol. The normalized spacial score (nSPS) is 14.2. The highest BCUT2D eigenvalue weighted by atomic mass is 19.2. The Morgan fingerprint density at radius 2 is 1.56 bits per heavy atom. The van der Waals surface area contributed by atoms with E-state index >= 15 is 0 Å². The summed E-state index contributed by atoms with van der Waals surface area (Å²) in [7, 11) is 0. The number of Topliss-reactive ketones (excluding diaryl/α,β-unsaturated/α-hetero) is 1. The number of carboxylic acids is 1. The van der Waals surface area contributed by atoms with E-state index in [2.05, 4.69) is 15.4 Å². The summed E-state index contributed by atoms with van der Waals surface area (Å²) in [6, 6.07) is 10.8. The van der Waals surface area contributed by atoms with E-state index in [4.69, 9.17) is 5.11 Å². The molecule has 0 saturated carbocycles. The molecule has 1 fully saturated rings. The van der Waals surface area contributed by atoms with Crippen LogP contribution in [0, 0.1) is 29.2 Å². The van der Waals surface area contributed by atoms with Gasteiger partial charge in [-0.05, 0) is 24.3 Å². The molecule has 4 rings (SSSR count). The Hall–Kier alpha value is -5.01. The van der Waals surface area contributed by atoms with Gasteiger partial charge in [0, 0.05) is 36.1 Å². The minimum absolute atomic E-state index is 0.0181. The number of ether oxygens (including phenoxy) is 1. The third kappa shape index (κ3) is 7.26. The number of carboxylic acid groups (broad SMARTS) is 1. The van der Waals surface area contributed by atoms with Crippen LogP contribution in [0.25, 0.3) is 10.8 Å². The number of ketones is 1. The molecule has 0 radical (unpaired) electrons. The van der Waals surface area contributed by atoms with Crippen LogP contribution in [0.15, 0.2) is 48.5 Å².